The number of nitrogens with two attached hydrogens (primary N) is 1. The standard InChI is InChI=1S/C13H13N5O3S/c1-7-10(11(19)18(17-7)13(14)22)16-15-9-6-4-3-5-8(9)12(20)21-2/h3-6,15H,1-2H3,(H2,14,22). The molecule has 1 aromatic rings. The topological polar surface area (TPSA) is 109 Å². The van der Waals surface area contributed by atoms with E-state index in [9.17, 15) is 9.59 Å². The number of thiocarbonyl (C=S) groups is 1. The molecule has 1 heterocycles. The number of nitrogens with zero attached hydrogens (tertiary/aromatic N) is 3. The summed E-state index contributed by atoms with van der Waals surface area (Å²) in [5.74, 6) is -1.05. The highest BCUT2D eigenvalue weighted by molar-refractivity contribution is 7.80. The first-order valence-corrected chi connectivity index (χ1v) is 6.57. The first kappa shape index (κ1) is 15.6. The lowest BCUT2D eigenvalue weighted by Gasteiger charge is -2.08. The fraction of sp³-hybridized carbons (Fsp3) is 0.154. The maximum Gasteiger partial charge on any atom is 0.340 e. The zero-order valence-electron chi connectivity index (χ0n) is 11.9. The summed E-state index contributed by atoms with van der Waals surface area (Å²) < 4.78 is 4.68. The van der Waals surface area contributed by atoms with E-state index in [2.05, 4.69) is 20.4 Å². The molecule has 0 aromatic heterocycles. The lowest BCUT2D eigenvalue weighted by molar-refractivity contribution is -0.119. The van der Waals surface area contributed by atoms with E-state index in [0.717, 1.165) is 5.01 Å². The number of methoxy groups -OCH3 is 1. The summed E-state index contributed by atoms with van der Waals surface area (Å²) in [6.45, 7) is 1.60. The molecule has 0 saturated carbocycles. The number of nitrogens with one attached hydrogen (secondary N) is 1. The number of anilines is 1. The molecule has 0 bridgehead atoms. The monoisotopic (exact) mass is 319 g/mol. The molecule has 114 valence electrons. The molecule has 1 aromatic carbocycles. The van der Waals surface area contributed by atoms with Gasteiger partial charge in [-0.2, -0.15) is 15.2 Å². The number of hydrogen-bond acceptors (Lipinski definition) is 7. The Morgan fingerprint density at radius 2 is 2.14 bits per heavy atom. The van der Waals surface area contributed by atoms with Crippen molar-refractivity contribution in [3.8, 4) is 0 Å². The molecule has 0 fully saturated rings. The van der Waals surface area contributed by atoms with Crippen LogP contribution in [0.1, 0.15) is 17.3 Å². The second kappa shape index (κ2) is 6.31. The van der Waals surface area contributed by atoms with Crippen molar-refractivity contribution < 1.29 is 14.3 Å². The van der Waals surface area contributed by atoms with Crippen LogP contribution in [0.25, 0.3) is 0 Å². The molecule has 1 aliphatic rings. The molecule has 2 rings (SSSR count). The largest absolute Gasteiger partial charge is 0.465 e. The van der Waals surface area contributed by atoms with Gasteiger partial charge in [-0.15, -0.1) is 0 Å². The highest BCUT2D eigenvalue weighted by atomic mass is 32.1. The van der Waals surface area contributed by atoms with Crippen molar-refractivity contribution in [2.75, 3.05) is 12.5 Å². The number of hydrogen-bond donors (Lipinski definition) is 2. The lowest BCUT2D eigenvalue weighted by Crippen LogP contribution is -2.36. The van der Waals surface area contributed by atoms with Crippen LogP contribution in [0.5, 0.6) is 0 Å². The summed E-state index contributed by atoms with van der Waals surface area (Å²) in [7, 11) is 1.28. The van der Waals surface area contributed by atoms with Crippen LogP contribution < -0.4 is 11.2 Å². The van der Waals surface area contributed by atoms with Gasteiger partial charge >= 0.3 is 11.9 Å². The van der Waals surface area contributed by atoms with Crippen LogP contribution >= 0.6 is 12.2 Å². The van der Waals surface area contributed by atoms with E-state index in [4.69, 9.17) is 18.0 Å². The Kier molecular flexibility index (Phi) is 4.47. The third kappa shape index (κ3) is 2.93. The van der Waals surface area contributed by atoms with Crippen LogP contribution in [0.2, 0.25) is 0 Å². The maximum absolute atomic E-state index is 12.0. The lowest BCUT2D eigenvalue weighted by atomic mass is 10.2. The van der Waals surface area contributed by atoms with E-state index in [-0.39, 0.29) is 10.8 Å². The average Bonchev–Trinajstić information content (AvgIpc) is 2.79. The fourth-order valence-electron chi connectivity index (χ4n) is 1.76. The van der Waals surface area contributed by atoms with Gasteiger partial charge in [-0.05, 0) is 31.3 Å². The SMILES string of the molecule is COC(=O)c1ccccc1NN=C1C(=O)N(C(N)=S)N=C1C. The van der Waals surface area contributed by atoms with Crippen molar-refractivity contribution in [1.29, 1.82) is 0 Å². The molecular formula is C13H13N5O3S. The third-order valence-corrected chi connectivity index (χ3v) is 2.99. The van der Waals surface area contributed by atoms with Gasteiger partial charge in [-0.1, -0.05) is 12.1 Å². The molecule has 0 spiro atoms. The van der Waals surface area contributed by atoms with E-state index in [1.807, 2.05) is 0 Å². The first-order chi connectivity index (χ1) is 10.5. The Morgan fingerprint density at radius 1 is 1.45 bits per heavy atom. The van der Waals surface area contributed by atoms with Crippen LogP contribution in [0.4, 0.5) is 5.69 Å². The molecule has 1 aliphatic heterocycles. The minimum atomic E-state index is -0.534. The number of para-hydroxylation sites is 1. The summed E-state index contributed by atoms with van der Waals surface area (Å²) in [6, 6.07) is 6.61. The number of hydrazone groups is 2. The number of carbonyl (C=O) groups excluding carboxylic acids is 2. The van der Waals surface area contributed by atoms with E-state index in [1.54, 1.807) is 31.2 Å². The fourth-order valence-corrected chi connectivity index (χ4v) is 1.88. The summed E-state index contributed by atoms with van der Waals surface area (Å²) in [4.78, 5) is 23.7. The number of carbonyl (C=O) groups is 2. The van der Waals surface area contributed by atoms with Crippen LogP contribution in [0.3, 0.4) is 0 Å². The first-order valence-electron chi connectivity index (χ1n) is 6.16. The number of amides is 1. The predicted octanol–water partition coefficient (Wildman–Crippen LogP) is 0.703. The molecular weight excluding hydrogens is 306 g/mol. The molecule has 3 N–H and O–H groups in total. The van der Waals surface area contributed by atoms with Gasteiger partial charge in [0.2, 0.25) is 0 Å². The molecule has 0 saturated heterocycles. The van der Waals surface area contributed by atoms with Gasteiger partial charge in [0.1, 0.15) is 0 Å². The van der Waals surface area contributed by atoms with E-state index >= 15 is 0 Å². The molecule has 0 atom stereocenters. The second-order valence-corrected chi connectivity index (χ2v) is 4.67. The van der Waals surface area contributed by atoms with Crippen LogP contribution in [-0.4, -0.2) is 40.5 Å². The summed E-state index contributed by atoms with van der Waals surface area (Å²) in [5, 5.41) is 8.62. The minimum Gasteiger partial charge on any atom is -0.465 e. The Labute approximate surface area is 131 Å². The molecule has 0 unspecified atom stereocenters. The molecule has 1 amide bonds. The van der Waals surface area contributed by atoms with Crippen LogP contribution in [0.15, 0.2) is 34.5 Å². The Balaban J connectivity index is 2.27. The third-order valence-electron chi connectivity index (χ3n) is 2.82. The molecule has 0 radical (unpaired) electrons. The highest BCUT2D eigenvalue weighted by Crippen LogP contribution is 2.16. The normalized spacial score (nSPS) is 15.7. The number of rotatable bonds is 3. The smallest absolute Gasteiger partial charge is 0.340 e. The highest BCUT2D eigenvalue weighted by Gasteiger charge is 2.31. The molecule has 0 aliphatic carbocycles. The Bertz CT molecular complexity index is 713. The maximum atomic E-state index is 12.0. The van der Waals surface area contributed by atoms with Gasteiger partial charge in [0.25, 0.3) is 0 Å². The summed E-state index contributed by atoms with van der Waals surface area (Å²) in [6.07, 6.45) is 0. The van der Waals surface area contributed by atoms with Crippen LogP contribution in [0, 0.1) is 0 Å². The van der Waals surface area contributed by atoms with Gasteiger partial charge in [-0.25, -0.2) is 4.79 Å². The van der Waals surface area contributed by atoms with Crippen molar-refractivity contribution in [2.45, 2.75) is 6.92 Å². The number of benzene rings is 1. The summed E-state index contributed by atoms with van der Waals surface area (Å²) >= 11 is 4.73. The van der Waals surface area contributed by atoms with Gasteiger partial charge in [0.15, 0.2) is 10.8 Å². The zero-order chi connectivity index (χ0) is 16.3. The van der Waals surface area contributed by atoms with Crippen molar-refractivity contribution >= 4 is 46.3 Å². The van der Waals surface area contributed by atoms with Crippen molar-refractivity contribution in [1.82, 2.24) is 5.01 Å². The van der Waals surface area contributed by atoms with Gasteiger partial charge < -0.3 is 10.5 Å². The van der Waals surface area contributed by atoms with E-state index < -0.39 is 11.9 Å². The van der Waals surface area contributed by atoms with Crippen molar-refractivity contribution in [2.24, 2.45) is 15.9 Å². The van der Waals surface area contributed by atoms with Gasteiger partial charge in [0, 0.05) is 0 Å². The van der Waals surface area contributed by atoms with E-state index in [1.165, 1.54) is 7.11 Å². The number of ether oxygens (including phenoxy) is 1. The Morgan fingerprint density at radius 3 is 2.73 bits per heavy atom. The zero-order valence-corrected chi connectivity index (χ0v) is 12.7. The molecule has 8 nitrogen and oxygen atoms in total. The second-order valence-electron chi connectivity index (χ2n) is 4.25. The quantitative estimate of drug-likeness (QED) is 0.482. The number of esters is 1. The molecule has 9 heteroatoms. The van der Waals surface area contributed by atoms with Gasteiger partial charge in [-0.3, -0.25) is 10.2 Å². The van der Waals surface area contributed by atoms with E-state index in [0.29, 0.717) is 17.0 Å². The minimum absolute atomic E-state index is 0.0625. The summed E-state index contributed by atoms with van der Waals surface area (Å²) in [5.41, 5.74) is 9.18. The average molecular weight is 319 g/mol. The predicted molar refractivity (Wildman–Crippen MR) is 85.6 cm³/mol. The van der Waals surface area contributed by atoms with Crippen molar-refractivity contribution in [3.05, 3.63) is 29.8 Å². The van der Waals surface area contributed by atoms with Crippen LogP contribution in [-0.2, 0) is 9.53 Å². The van der Waals surface area contributed by atoms with Crippen molar-refractivity contribution in [3.63, 3.8) is 0 Å². The molecule has 22 heavy (non-hydrogen) atoms. The van der Waals surface area contributed by atoms with Gasteiger partial charge in [0.05, 0.1) is 24.1 Å². The Hall–Kier alpha value is -2.81.